The fourth-order valence-corrected chi connectivity index (χ4v) is 5.05. The third-order valence-corrected chi connectivity index (χ3v) is 6.58. The summed E-state index contributed by atoms with van der Waals surface area (Å²) in [7, 11) is 1.48. The Labute approximate surface area is 210 Å². The molecule has 188 valence electrons. The fraction of sp³-hybridized carbons (Fsp3) is 0.321. The number of hydrogen-bond acceptors (Lipinski definition) is 6. The summed E-state index contributed by atoms with van der Waals surface area (Å²) >= 11 is 0. The zero-order valence-corrected chi connectivity index (χ0v) is 20.7. The van der Waals surface area contributed by atoms with Crippen LogP contribution in [0.15, 0.2) is 60.7 Å². The topological polar surface area (TPSA) is 96.4 Å². The van der Waals surface area contributed by atoms with Gasteiger partial charge in [0.25, 0.3) is 17.6 Å². The van der Waals surface area contributed by atoms with Crippen molar-refractivity contribution < 1.29 is 29.0 Å². The quantitative estimate of drug-likeness (QED) is 0.250. The number of aryl methyl sites for hydroxylation is 1. The van der Waals surface area contributed by atoms with Gasteiger partial charge in [-0.15, -0.1) is 0 Å². The van der Waals surface area contributed by atoms with Gasteiger partial charge < -0.3 is 24.4 Å². The molecule has 4 rings (SSSR count). The summed E-state index contributed by atoms with van der Waals surface area (Å²) in [5.41, 5.74) is 0.107. The lowest BCUT2D eigenvalue weighted by Crippen LogP contribution is -2.52. The molecule has 2 aliphatic rings. The summed E-state index contributed by atoms with van der Waals surface area (Å²) < 4.78 is 10.8. The minimum atomic E-state index is -1.78. The van der Waals surface area contributed by atoms with Crippen LogP contribution in [0, 0.1) is 6.92 Å². The van der Waals surface area contributed by atoms with Crippen LogP contribution in [0.1, 0.15) is 30.0 Å². The number of Topliss-reactive ketones (excluding diaryl/α,β-unsaturated/α-hetero) is 1. The van der Waals surface area contributed by atoms with Crippen LogP contribution in [-0.2, 0) is 24.7 Å². The third-order valence-electron chi connectivity index (χ3n) is 6.58. The van der Waals surface area contributed by atoms with E-state index in [-0.39, 0.29) is 18.7 Å². The van der Waals surface area contributed by atoms with Crippen LogP contribution in [0.5, 0.6) is 5.75 Å². The molecule has 0 radical (unpaired) electrons. The Hall–Kier alpha value is -3.91. The number of likely N-dealkylation sites (tertiary alicyclic amines) is 1. The second kappa shape index (κ2) is 9.99. The molecule has 1 N–H and O–H groups in total. The summed E-state index contributed by atoms with van der Waals surface area (Å²) in [6, 6.07) is 12.0. The van der Waals surface area contributed by atoms with Gasteiger partial charge in [-0.05, 0) is 43.2 Å². The van der Waals surface area contributed by atoms with Crippen LogP contribution in [0.4, 0.5) is 5.69 Å². The molecule has 0 aliphatic carbocycles. The number of benzene rings is 2. The number of fused-ring (bicyclic) bond motifs is 2. The van der Waals surface area contributed by atoms with Crippen molar-refractivity contribution in [3.8, 4) is 5.75 Å². The highest BCUT2D eigenvalue weighted by Crippen LogP contribution is 2.53. The molecule has 8 heteroatoms. The predicted octanol–water partition coefficient (Wildman–Crippen LogP) is 3.54. The average Bonchev–Trinajstić information content (AvgIpc) is 3.25. The molecule has 36 heavy (non-hydrogen) atoms. The van der Waals surface area contributed by atoms with E-state index in [0.717, 1.165) is 0 Å². The lowest BCUT2D eigenvalue weighted by Gasteiger charge is -2.34. The number of amides is 2. The minimum Gasteiger partial charge on any atom is -0.507 e. The van der Waals surface area contributed by atoms with Gasteiger partial charge in [0, 0.05) is 31.3 Å². The number of aliphatic hydroxyl groups excluding tert-OH is 1. The van der Waals surface area contributed by atoms with Crippen LogP contribution in [-0.4, -0.2) is 61.0 Å². The van der Waals surface area contributed by atoms with Gasteiger partial charge in [0.05, 0.1) is 17.9 Å². The monoisotopic (exact) mass is 490 g/mol. The highest BCUT2D eigenvalue weighted by molar-refractivity contribution is 6.50. The lowest BCUT2D eigenvalue weighted by atomic mass is 9.81. The van der Waals surface area contributed by atoms with Gasteiger partial charge in [-0.3, -0.25) is 14.4 Å². The van der Waals surface area contributed by atoms with Gasteiger partial charge in [-0.25, -0.2) is 0 Å². The number of hydrogen-bond donors (Lipinski definition) is 1. The highest BCUT2D eigenvalue weighted by atomic mass is 16.5. The Morgan fingerprint density at radius 3 is 2.56 bits per heavy atom. The third kappa shape index (κ3) is 3.69. The van der Waals surface area contributed by atoms with Crippen LogP contribution < -0.4 is 9.64 Å². The Morgan fingerprint density at radius 1 is 1.14 bits per heavy atom. The van der Waals surface area contributed by atoms with Crippen LogP contribution in [0.25, 0.3) is 5.76 Å². The average molecular weight is 491 g/mol. The Kier molecular flexibility index (Phi) is 6.99. The lowest BCUT2D eigenvalue weighted by molar-refractivity contribution is -0.144. The molecule has 1 saturated heterocycles. The molecule has 2 amide bonds. The number of ether oxygens (including phenoxy) is 2. The van der Waals surface area contributed by atoms with Crippen molar-refractivity contribution in [2.45, 2.75) is 25.8 Å². The van der Waals surface area contributed by atoms with Gasteiger partial charge >= 0.3 is 0 Å². The maximum atomic E-state index is 14.2. The van der Waals surface area contributed by atoms with E-state index in [1.165, 1.54) is 12.0 Å². The van der Waals surface area contributed by atoms with E-state index in [1.54, 1.807) is 60.4 Å². The molecule has 2 aliphatic heterocycles. The van der Waals surface area contributed by atoms with Crippen molar-refractivity contribution in [1.82, 2.24) is 4.90 Å². The van der Waals surface area contributed by atoms with Crippen LogP contribution in [0.2, 0.25) is 0 Å². The molecule has 0 saturated carbocycles. The highest BCUT2D eigenvalue weighted by Gasteiger charge is 2.66. The number of nitrogens with zero attached hydrogens (tertiary/aromatic N) is 2. The summed E-state index contributed by atoms with van der Waals surface area (Å²) in [5, 5.41) is 11.5. The first kappa shape index (κ1) is 25.2. The summed E-state index contributed by atoms with van der Waals surface area (Å²) in [4.78, 5) is 43.9. The van der Waals surface area contributed by atoms with Gasteiger partial charge in [-0.2, -0.15) is 0 Å². The number of methoxy groups -OCH3 is 1. The van der Waals surface area contributed by atoms with Crippen LogP contribution in [0.3, 0.4) is 0 Å². The van der Waals surface area contributed by atoms with Crippen molar-refractivity contribution in [3.05, 3.63) is 77.4 Å². The largest absolute Gasteiger partial charge is 0.507 e. The standard InChI is InChI=1S/C28H30N2O6/c1-5-13-29-21-10-8-7-9-20(21)28(27(29)34)23(25(32)26(33)30(28)14-16-35-4)24(31)19-11-12-22(18(3)17-19)36-15-6-2/h6-12,17,31H,2,5,13-16H2,1,3-4H3. The predicted molar refractivity (Wildman–Crippen MR) is 136 cm³/mol. The molecule has 1 spiro atoms. The first-order valence-electron chi connectivity index (χ1n) is 11.9. The number of aliphatic hydroxyl groups is 1. The number of rotatable bonds is 9. The molecule has 2 aromatic rings. The minimum absolute atomic E-state index is 0.00521. The second-order valence-electron chi connectivity index (χ2n) is 8.77. The van der Waals surface area contributed by atoms with Crippen molar-refractivity contribution in [1.29, 1.82) is 0 Å². The van der Waals surface area contributed by atoms with E-state index in [0.29, 0.717) is 47.7 Å². The smallest absolute Gasteiger partial charge is 0.296 e. The van der Waals surface area contributed by atoms with Crippen molar-refractivity contribution in [3.63, 3.8) is 0 Å². The van der Waals surface area contributed by atoms with Gasteiger partial charge in [-0.1, -0.05) is 37.8 Å². The number of carbonyl (C=O) groups excluding carboxylic acids is 3. The summed E-state index contributed by atoms with van der Waals surface area (Å²) in [5.74, 6) is -2.01. The van der Waals surface area contributed by atoms with Crippen molar-refractivity contribution in [2.24, 2.45) is 0 Å². The molecule has 8 nitrogen and oxygen atoms in total. The van der Waals surface area contributed by atoms with Crippen LogP contribution >= 0.6 is 0 Å². The molecule has 0 aromatic heterocycles. The Morgan fingerprint density at radius 2 is 1.89 bits per heavy atom. The summed E-state index contributed by atoms with van der Waals surface area (Å²) in [6.45, 7) is 8.24. The maximum absolute atomic E-state index is 14.2. The van der Waals surface area contributed by atoms with E-state index in [9.17, 15) is 19.5 Å². The molecule has 1 fully saturated rings. The Balaban J connectivity index is 1.98. The van der Waals surface area contributed by atoms with E-state index in [2.05, 4.69) is 6.58 Å². The SMILES string of the molecule is C=CCOc1ccc(C(O)=C2C(=O)C(=O)N(CCOC)C23C(=O)N(CCC)c2ccccc23)cc1C. The molecule has 2 heterocycles. The number of carbonyl (C=O) groups is 3. The fourth-order valence-electron chi connectivity index (χ4n) is 5.05. The van der Waals surface area contributed by atoms with Gasteiger partial charge in [0.1, 0.15) is 18.1 Å². The van der Waals surface area contributed by atoms with E-state index in [4.69, 9.17) is 9.47 Å². The Bertz CT molecular complexity index is 1270. The molecular formula is C28H30N2O6. The number of anilines is 1. The first-order chi connectivity index (χ1) is 17.3. The van der Waals surface area contributed by atoms with E-state index in [1.807, 2.05) is 6.92 Å². The zero-order chi connectivity index (χ0) is 26.0. The molecule has 1 unspecified atom stereocenters. The summed E-state index contributed by atoms with van der Waals surface area (Å²) in [6.07, 6.45) is 2.30. The normalized spacial score (nSPS) is 20.4. The molecular weight excluding hydrogens is 460 g/mol. The maximum Gasteiger partial charge on any atom is 0.296 e. The van der Waals surface area contributed by atoms with Gasteiger partial charge in [0.15, 0.2) is 5.54 Å². The van der Waals surface area contributed by atoms with E-state index < -0.39 is 28.9 Å². The van der Waals surface area contributed by atoms with Crippen molar-refractivity contribution in [2.75, 3.05) is 38.3 Å². The molecule has 2 aromatic carbocycles. The number of para-hydroxylation sites is 1. The zero-order valence-electron chi connectivity index (χ0n) is 20.7. The van der Waals surface area contributed by atoms with E-state index >= 15 is 0 Å². The van der Waals surface area contributed by atoms with Crippen molar-refractivity contribution >= 4 is 29.0 Å². The number of ketones is 1. The molecule has 0 bridgehead atoms. The van der Waals surface area contributed by atoms with Gasteiger partial charge in [0.2, 0.25) is 0 Å². The first-order valence-corrected chi connectivity index (χ1v) is 11.9. The second-order valence-corrected chi connectivity index (χ2v) is 8.77. The molecule has 1 atom stereocenters.